The van der Waals surface area contributed by atoms with Crippen LogP contribution in [0.1, 0.15) is 0 Å². The van der Waals surface area contributed by atoms with Crippen molar-refractivity contribution in [3.05, 3.63) is 36.4 Å². The van der Waals surface area contributed by atoms with Crippen molar-refractivity contribution in [2.24, 2.45) is 0 Å². The average Bonchev–Trinajstić information content (AvgIpc) is 1.93. The number of rotatable bonds is 0. The predicted molar refractivity (Wildman–Crippen MR) is 43.9 cm³/mol. The Morgan fingerprint density at radius 2 is 0.800 bits per heavy atom. The molecule has 0 saturated heterocycles. The Balaban J connectivity index is 0. The quantitative estimate of drug-likeness (QED) is 0.545. The summed E-state index contributed by atoms with van der Waals surface area (Å²) in [4.78, 5) is 0. The molecule has 0 aliphatic rings. The van der Waals surface area contributed by atoms with Crippen LogP contribution < -0.4 is 0 Å². The van der Waals surface area contributed by atoms with Crippen LogP contribution in [-0.4, -0.2) is 17.7 Å². The highest BCUT2D eigenvalue weighted by atomic mass is 35.5. The average molecular weight is 159 g/mol. The fraction of sp³-hybridized carbons (Fsp3) is 0. The molecule has 0 spiro atoms. The van der Waals surface area contributed by atoms with E-state index >= 15 is 0 Å². The lowest BCUT2D eigenvalue weighted by molar-refractivity contribution is 0.448. The van der Waals surface area contributed by atoms with E-state index in [0.717, 1.165) is 0 Å². The van der Waals surface area contributed by atoms with Gasteiger partial charge in [0.15, 0.2) is 0 Å². The van der Waals surface area contributed by atoms with Gasteiger partial charge in [0.05, 0.1) is 0 Å². The topological polar surface area (TPSA) is 40.5 Å². The third-order valence-corrected chi connectivity index (χ3v) is 0.667. The zero-order valence-corrected chi connectivity index (χ0v) is 6.16. The molecule has 0 heterocycles. The maximum atomic E-state index is 7.00. The molecule has 10 heavy (non-hydrogen) atoms. The molecular formula is C6H9BClO2. The van der Waals surface area contributed by atoms with Gasteiger partial charge in [0.2, 0.25) is 0 Å². The van der Waals surface area contributed by atoms with Crippen molar-refractivity contribution in [1.29, 1.82) is 0 Å². The van der Waals surface area contributed by atoms with Gasteiger partial charge in [-0.3, -0.25) is 0 Å². The van der Waals surface area contributed by atoms with E-state index in [9.17, 15) is 0 Å². The molecule has 0 unspecified atom stereocenters. The molecule has 1 aromatic rings. The summed E-state index contributed by atoms with van der Waals surface area (Å²) in [5.41, 5.74) is 0. The van der Waals surface area contributed by atoms with E-state index in [1.165, 1.54) is 0 Å². The molecule has 0 bridgehead atoms. The van der Waals surface area contributed by atoms with Crippen molar-refractivity contribution in [1.82, 2.24) is 0 Å². The van der Waals surface area contributed by atoms with E-state index < -0.39 is 0 Å². The minimum atomic E-state index is 0. The van der Waals surface area contributed by atoms with Crippen molar-refractivity contribution < 1.29 is 10.0 Å². The fourth-order valence-electron chi connectivity index (χ4n) is 0.385. The second-order valence-corrected chi connectivity index (χ2v) is 1.27. The molecular weight excluding hydrogens is 150 g/mol. The maximum Gasteiger partial charge on any atom is 0.482 e. The third kappa shape index (κ3) is 10.5. The summed E-state index contributed by atoms with van der Waals surface area (Å²) < 4.78 is 0. The molecule has 1 radical (unpaired) electrons. The molecule has 0 aliphatic carbocycles. The summed E-state index contributed by atoms with van der Waals surface area (Å²) in [6, 6.07) is 12.0. The predicted octanol–water partition coefficient (Wildman–Crippen LogP) is 0.614. The Labute approximate surface area is 67.2 Å². The molecule has 4 heteroatoms. The number of hydrogen-bond acceptors (Lipinski definition) is 2. The lowest BCUT2D eigenvalue weighted by Gasteiger charge is -1.69. The van der Waals surface area contributed by atoms with Crippen LogP contribution in [0.2, 0.25) is 0 Å². The maximum absolute atomic E-state index is 7.00. The first kappa shape index (κ1) is 12.2. The molecule has 0 atom stereocenters. The van der Waals surface area contributed by atoms with E-state index in [0.29, 0.717) is 0 Å². The van der Waals surface area contributed by atoms with Crippen molar-refractivity contribution in [2.45, 2.75) is 0 Å². The molecule has 2 N–H and O–H groups in total. The highest BCUT2D eigenvalue weighted by Gasteiger charge is 1.57. The second-order valence-electron chi connectivity index (χ2n) is 1.27. The number of benzene rings is 1. The minimum absolute atomic E-state index is 0. The highest BCUT2D eigenvalue weighted by Crippen LogP contribution is 1.79. The molecule has 0 amide bonds. The molecule has 2 nitrogen and oxygen atoms in total. The van der Waals surface area contributed by atoms with Gasteiger partial charge >= 0.3 is 7.69 Å². The first-order valence-electron chi connectivity index (χ1n) is 2.52. The fourth-order valence-corrected chi connectivity index (χ4v) is 0.385. The summed E-state index contributed by atoms with van der Waals surface area (Å²) in [5, 5.41) is 14.0. The normalized spacial score (nSPS) is 6.20. The zero-order chi connectivity index (χ0) is 6.95. The van der Waals surface area contributed by atoms with Crippen LogP contribution in [0.25, 0.3) is 0 Å². The Bertz CT molecular complexity index is 98.6. The van der Waals surface area contributed by atoms with Crippen molar-refractivity contribution in [2.75, 3.05) is 0 Å². The largest absolute Gasteiger partial charge is 0.482 e. The van der Waals surface area contributed by atoms with Gasteiger partial charge in [-0.1, -0.05) is 36.4 Å². The lowest BCUT2D eigenvalue weighted by Crippen LogP contribution is -1.75. The summed E-state index contributed by atoms with van der Waals surface area (Å²) in [7, 11) is 0. The summed E-state index contributed by atoms with van der Waals surface area (Å²) in [6.07, 6.45) is 0. The van der Waals surface area contributed by atoms with Crippen LogP contribution >= 0.6 is 12.4 Å². The Morgan fingerprint density at radius 1 is 0.700 bits per heavy atom. The van der Waals surface area contributed by atoms with Crippen LogP contribution in [0.15, 0.2) is 36.4 Å². The van der Waals surface area contributed by atoms with E-state index in [4.69, 9.17) is 10.0 Å². The summed E-state index contributed by atoms with van der Waals surface area (Å²) in [6.45, 7) is 0. The van der Waals surface area contributed by atoms with Gasteiger partial charge in [-0.05, 0) is 0 Å². The molecule has 1 rings (SSSR count). The molecule has 0 aliphatic heterocycles. The van der Waals surface area contributed by atoms with Gasteiger partial charge in [0.25, 0.3) is 0 Å². The standard InChI is InChI=1S/C6H6.BH2O2.ClH/c1-2-4-6-5-3-1;2-1-3;/h1-6H;2-3H;1H. The minimum Gasteiger partial charge on any atom is -0.429 e. The van der Waals surface area contributed by atoms with E-state index in [1.54, 1.807) is 0 Å². The van der Waals surface area contributed by atoms with Gasteiger partial charge in [-0.15, -0.1) is 12.4 Å². The monoisotopic (exact) mass is 159 g/mol. The van der Waals surface area contributed by atoms with E-state index in [2.05, 4.69) is 0 Å². The van der Waals surface area contributed by atoms with Crippen molar-refractivity contribution in [3.63, 3.8) is 0 Å². The lowest BCUT2D eigenvalue weighted by atomic mass is 10.4. The Kier molecular flexibility index (Phi) is 13.8. The van der Waals surface area contributed by atoms with Crippen LogP contribution in [0.3, 0.4) is 0 Å². The first-order valence-corrected chi connectivity index (χ1v) is 2.52. The van der Waals surface area contributed by atoms with Crippen LogP contribution in [0.5, 0.6) is 0 Å². The third-order valence-electron chi connectivity index (χ3n) is 0.667. The van der Waals surface area contributed by atoms with Gasteiger partial charge in [0.1, 0.15) is 0 Å². The molecule has 0 saturated carbocycles. The molecule has 1 aromatic carbocycles. The molecule has 55 valence electrons. The SMILES string of the molecule is Cl.O[B]O.c1ccccc1. The second kappa shape index (κ2) is 11.3. The van der Waals surface area contributed by atoms with Crippen LogP contribution in [0.4, 0.5) is 0 Å². The van der Waals surface area contributed by atoms with E-state index in [1.807, 2.05) is 36.4 Å². The van der Waals surface area contributed by atoms with Crippen molar-refractivity contribution in [3.8, 4) is 0 Å². The van der Waals surface area contributed by atoms with Gasteiger partial charge in [-0.2, -0.15) is 0 Å². The zero-order valence-electron chi connectivity index (χ0n) is 5.34. The van der Waals surface area contributed by atoms with Gasteiger partial charge < -0.3 is 10.0 Å². The molecule has 0 aromatic heterocycles. The van der Waals surface area contributed by atoms with Crippen LogP contribution in [-0.2, 0) is 0 Å². The smallest absolute Gasteiger partial charge is 0.429 e. The van der Waals surface area contributed by atoms with Gasteiger partial charge in [-0.25, -0.2) is 0 Å². The molecule has 0 fully saturated rings. The van der Waals surface area contributed by atoms with Gasteiger partial charge in [0, 0.05) is 0 Å². The van der Waals surface area contributed by atoms with Crippen molar-refractivity contribution >= 4 is 20.1 Å². The summed E-state index contributed by atoms with van der Waals surface area (Å²) in [5.74, 6) is 0. The van der Waals surface area contributed by atoms with E-state index in [-0.39, 0.29) is 20.1 Å². The summed E-state index contributed by atoms with van der Waals surface area (Å²) >= 11 is 0. The van der Waals surface area contributed by atoms with Crippen LogP contribution in [0, 0.1) is 0 Å². The first-order chi connectivity index (χ1) is 4.41. The highest BCUT2D eigenvalue weighted by molar-refractivity contribution is 6.13. The number of halogens is 1. The number of hydrogen-bond donors (Lipinski definition) is 2. The Hall–Kier alpha value is -0.505. The Morgan fingerprint density at radius 3 is 0.900 bits per heavy atom.